The third-order valence-electron chi connectivity index (χ3n) is 2.93. The smallest absolute Gasteiger partial charge is 0.297 e. The van der Waals surface area contributed by atoms with E-state index in [1.807, 2.05) is 6.07 Å². The van der Waals surface area contributed by atoms with Gasteiger partial charge in [0.05, 0.1) is 11.5 Å². The Morgan fingerprint density at radius 2 is 1.65 bits per heavy atom. The zero-order valence-electron chi connectivity index (χ0n) is 11.1. The van der Waals surface area contributed by atoms with Crippen LogP contribution in [0.15, 0.2) is 59.5 Å². The van der Waals surface area contributed by atoms with Gasteiger partial charge in [0.15, 0.2) is 0 Å². The van der Waals surface area contributed by atoms with E-state index in [0.29, 0.717) is 11.1 Å². The highest BCUT2D eigenvalue weighted by Gasteiger charge is 2.19. The summed E-state index contributed by atoms with van der Waals surface area (Å²) in [5.41, 5.74) is 1.23. The van der Waals surface area contributed by atoms with Gasteiger partial charge in [-0.15, -0.1) is 0 Å². The van der Waals surface area contributed by atoms with Gasteiger partial charge in [-0.3, -0.25) is 4.18 Å². The van der Waals surface area contributed by atoms with Crippen LogP contribution in [-0.2, 0) is 14.3 Å². The van der Waals surface area contributed by atoms with E-state index in [0.717, 1.165) is 0 Å². The third-order valence-corrected chi connectivity index (χ3v) is 4.37. The second kappa shape index (κ2) is 6.17. The van der Waals surface area contributed by atoms with Gasteiger partial charge in [-0.2, -0.15) is 8.42 Å². The van der Waals surface area contributed by atoms with Crippen LogP contribution in [0.4, 0.5) is 0 Å². The fraction of sp³-hybridized carbons (Fsp3) is 0.200. The van der Waals surface area contributed by atoms with Gasteiger partial charge >= 0.3 is 0 Å². The highest BCUT2D eigenvalue weighted by molar-refractivity contribution is 7.86. The molecule has 5 heteroatoms. The van der Waals surface area contributed by atoms with Crippen LogP contribution in [0.25, 0.3) is 0 Å². The fourth-order valence-corrected chi connectivity index (χ4v) is 2.97. The maximum Gasteiger partial charge on any atom is 0.297 e. The second-order valence-corrected chi connectivity index (χ2v) is 6.01. The molecule has 0 aliphatic carbocycles. The summed E-state index contributed by atoms with van der Waals surface area (Å²) in [5.74, 6) is 0. The van der Waals surface area contributed by atoms with Gasteiger partial charge in [-0.25, -0.2) is 0 Å². The summed E-state index contributed by atoms with van der Waals surface area (Å²) in [5, 5.41) is 9.91. The highest BCUT2D eigenvalue weighted by atomic mass is 32.2. The van der Waals surface area contributed by atoms with Crippen LogP contribution in [0, 0.1) is 6.92 Å². The lowest BCUT2D eigenvalue weighted by molar-refractivity contribution is 0.111. The Kier molecular flexibility index (Phi) is 4.54. The molecule has 0 amide bonds. The van der Waals surface area contributed by atoms with E-state index in [9.17, 15) is 13.5 Å². The number of aryl methyl sites for hydroxylation is 1. The number of rotatable bonds is 5. The molecule has 1 N–H and O–H groups in total. The van der Waals surface area contributed by atoms with Crippen molar-refractivity contribution < 1.29 is 17.7 Å². The summed E-state index contributed by atoms with van der Waals surface area (Å²) < 4.78 is 29.0. The van der Waals surface area contributed by atoms with E-state index in [1.54, 1.807) is 49.4 Å². The quantitative estimate of drug-likeness (QED) is 0.860. The van der Waals surface area contributed by atoms with Crippen LogP contribution in [0.3, 0.4) is 0 Å². The first-order valence-electron chi connectivity index (χ1n) is 6.19. The van der Waals surface area contributed by atoms with Gasteiger partial charge in [0, 0.05) is 0 Å². The topological polar surface area (TPSA) is 63.6 Å². The van der Waals surface area contributed by atoms with Gasteiger partial charge in [-0.05, 0) is 24.1 Å². The van der Waals surface area contributed by atoms with E-state index in [1.165, 1.54) is 6.07 Å². The lowest BCUT2D eigenvalue weighted by atomic mass is 10.1. The van der Waals surface area contributed by atoms with Crippen molar-refractivity contribution in [3.63, 3.8) is 0 Å². The van der Waals surface area contributed by atoms with Crippen molar-refractivity contribution in [3.8, 4) is 0 Å². The number of benzene rings is 2. The van der Waals surface area contributed by atoms with Gasteiger partial charge in [0.1, 0.15) is 6.10 Å². The minimum atomic E-state index is -3.85. The van der Waals surface area contributed by atoms with Crippen molar-refractivity contribution in [2.45, 2.75) is 17.9 Å². The first-order valence-corrected chi connectivity index (χ1v) is 7.59. The largest absolute Gasteiger partial charge is 0.386 e. The minimum absolute atomic E-state index is 0.125. The van der Waals surface area contributed by atoms with Crippen LogP contribution in [-0.4, -0.2) is 20.1 Å². The lowest BCUT2D eigenvalue weighted by Crippen LogP contribution is -2.14. The van der Waals surface area contributed by atoms with Gasteiger partial charge < -0.3 is 5.11 Å². The molecule has 0 saturated carbocycles. The number of hydrogen-bond acceptors (Lipinski definition) is 4. The molecule has 0 bridgehead atoms. The number of hydrogen-bond donors (Lipinski definition) is 1. The zero-order chi connectivity index (χ0) is 14.6. The molecule has 2 rings (SSSR count). The predicted molar refractivity (Wildman–Crippen MR) is 75.7 cm³/mol. The molecule has 0 aliphatic heterocycles. The van der Waals surface area contributed by atoms with Crippen LogP contribution < -0.4 is 0 Å². The minimum Gasteiger partial charge on any atom is -0.386 e. The molecular formula is C15H16O4S. The van der Waals surface area contributed by atoms with Crippen LogP contribution >= 0.6 is 0 Å². The summed E-state index contributed by atoms with van der Waals surface area (Å²) >= 11 is 0. The first kappa shape index (κ1) is 14.7. The monoisotopic (exact) mass is 292 g/mol. The molecule has 0 aromatic heterocycles. The summed E-state index contributed by atoms with van der Waals surface area (Å²) in [6.07, 6.45) is -0.977. The normalized spacial score (nSPS) is 13.1. The van der Waals surface area contributed by atoms with Crippen LogP contribution in [0.2, 0.25) is 0 Å². The Morgan fingerprint density at radius 1 is 1.05 bits per heavy atom. The molecule has 2 aromatic rings. The molecule has 0 radical (unpaired) electrons. The van der Waals surface area contributed by atoms with E-state index in [2.05, 4.69) is 0 Å². The number of aliphatic hydroxyl groups excluding tert-OH is 1. The Morgan fingerprint density at radius 3 is 2.30 bits per heavy atom. The standard InChI is InChI=1S/C15H16O4S/c1-12-7-5-6-10-15(12)20(17,18)19-11-14(16)13-8-3-2-4-9-13/h2-10,14,16H,11H2,1H3. The lowest BCUT2D eigenvalue weighted by Gasteiger charge is -2.12. The first-order chi connectivity index (χ1) is 9.50. The molecule has 2 aromatic carbocycles. The average molecular weight is 292 g/mol. The second-order valence-electron chi connectivity index (χ2n) is 4.43. The van der Waals surface area contributed by atoms with Gasteiger partial charge in [-0.1, -0.05) is 48.5 Å². The van der Waals surface area contributed by atoms with Gasteiger partial charge in [0.2, 0.25) is 0 Å². The van der Waals surface area contributed by atoms with E-state index >= 15 is 0 Å². The van der Waals surface area contributed by atoms with E-state index in [4.69, 9.17) is 4.18 Å². The summed E-state index contributed by atoms with van der Waals surface area (Å²) in [4.78, 5) is 0.125. The van der Waals surface area contributed by atoms with Crippen molar-refractivity contribution in [2.24, 2.45) is 0 Å². The number of aliphatic hydroxyl groups is 1. The molecule has 0 spiro atoms. The SMILES string of the molecule is Cc1ccccc1S(=O)(=O)OCC(O)c1ccccc1. The summed E-state index contributed by atoms with van der Waals surface area (Å²) in [6, 6.07) is 15.4. The molecule has 0 fully saturated rings. The van der Waals surface area contributed by atoms with Crippen LogP contribution in [0.5, 0.6) is 0 Å². The average Bonchev–Trinajstić information content (AvgIpc) is 2.46. The van der Waals surface area contributed by atoms with Crippen molar-refractivity contribution in [2.75, 3.05) is 6.61 Å². The molecule has 20 heavy (non-hydrogen) atoms. The zero-order valence-corrected chi connectivity index (χ0v) is 11.9. The molecule has 4 nitrogen and oxygen atoms in total. The molecule has 1 atom stereocenters. The maximum atomic E-state index is 12.1. The van der Waals surface area contributed by atoms with E-state index < -0.39 is 16.2 Å². The van der Waals surface area contributed by atoms with Crippen molar-refractivity contribution >= 4 is 10.1 Å². The Balaban J connectivity index is 2.09. The molecule has 106 valence electrons. The fourth-order valence-electron chi connectivity index (χ4n) is 1.83. The van der Waals surface area contributed by atoms with Gasteiger partial charge in [0.25, 0.3) is 10.1 Å². The molecule has 1 unspecified atom stereocenters. The Bertz CT molecular complexity index is 665. The van der Waals surface area contributed by atoms with E-state index in [-0.39, 0.29) is 11.5 Å². The highest BCUT2D eigenvalue weighted by Crippen LogP contribution is 2.19. The predicted octanol–water partition coefficient (Wildman–Crippen LogP) is 2.43. The Hall–Kier alpha value is -1.69. The molecular weight excluding hydrogens is 276 g/mol. The van der Waals surface area contributed by atoms with Crippen molar-refractivity contribution in [1.29, 1.82) is 0 Å². The Labute approximate surface area is 118 Å². The summed E-state index contributed by atoms with van der Waals surface area (Å²) in [7, 11) is -3.85. The molecule has 0 heterocycles. The van der Waals surface area contributed by atoms with Crippen LogP contribution in [0.1, 0.15) is 17.2 Å². The maximum absolute atomic E-state index is 12.1. The van der Waals surface area contributed by atoms with Crippen molar-refractivity contribution in [3.05, 3.63) is 65.7 Å². The van der Waals surface area contributed by atoms with Crippen molar-refractivity contribution in [1.82, 2.24) is 0 Å². The molecule has 0 aliphatic rings. The summed E-state index contributed by atoms with van der Waals surface area (Å²) in [6.45, 7) is 1.39. The molecule has 0 saturated heterocycles. The third kappa shape index (κ3) is 3.45.